The maximum atomic E-state index is 11.0. The van der Waals surface area contributed by atoms with Gasteiger partial charge in [0.15, 0.2) is 0 Å². The highest BCUT2D eigenvalue weighted by atomic mass is 16.5. The van der Waals surface area contributed by atoms with Gasteiger partial charge in [0.05, 0.1) is 12.3 Å². The highest BCUT2D eigenvalue weighted by molar-refractivity contribution is 5.88. The van der Waals surface area contributed by atoms with E-state index in [9.17, 15) is 4.79 Å². The van der Waals surface area contributed by atoms with E-state index in [2.05, 4.69) is 9.97 Å². The Morgan fingerprint density at radius 1 is 1.60 bits per heavy atom. The summed E-state index contributed by atoms with van der Waals surface area (Å²) in [4.78, 5) is 18.8. The molecule has 1 rings (SSSR count). The van der Waals surface area contributed by atoms with Crippen molar-refractivity contribution in [3.8, 4) is 0 Å². The number of rotatable bonds is 3. The first kappa shape index (κ1) is 11.2. The molecule has 5 nitrogen and oxygen atoms in total. The van der Waals surface area contributed by atoms with Gasteiger partial charge in [-0.3, -0.25) is 0 Å². The van der Waals surface area contributed by atoms with Gasteiger partial charge in [-0.25, -0.2) is 14.8 Å². The molecule has 0 aliphatic rings. The molecule has 0 amide bonds. The highest BCUT2D eigenvalue weighted by Gasteiger charge is 2.02. The summed E-state index contributed by atoms with van der Waals surface area (Å²) in [6, 6.07) is 0. The Balaban J connectivity index is 2.84. The van der Waals surface area contributed by atoms with E-state index < -0.39 is 5.97 Å². The first-order chi connectivity index (χ1) is 7.15. The number of ether oxygens (including phenoxy) is 1. The summed E-state index contributed by atoms with van der Waals surface area (Å²) in [6.07, 6.45) is 4.25. The van der Waals surface area contributed by atoms with Crippen LogP contribution in [0.5, 0.6) is 0 Å². The van der Waals surface area contributed by atoms with Crippen LogP contribution < -0.4 is 5.73 Å². The quantitative estimate of drug-likeness (QED) is 0.589. The summed E-state index contributed by atoms with van der Waals surface area (Å²) in [6.45, 7) is 3.89. The van der Waals surface area contributed by atoms with Gasteiger partial charge in [0.1, 0.15) is 12.1 Å². The molecule has 15 heavy (non-hydrogen) atoms. The van der Waals surface area contributed by atoms with E-state index in [1.807, 2.05) is 0 Å². The molecule has 0 saturated heterocycles. The van der Waals surface area contributed by atoms with Crippen molar-refractivity contribution in [3.63, 3.8) is 0 Å². The fourth-order valence-corrected chi connectivity index (χ4v) is 1.05. The average Bonchev–Trinajstić information content (AvgIpc) is 2.17. The molecule has 0 fully saturated rings. The molecule has 0 saturated carbocycles. The van der Waals surface area contributed by atoms with Crippen LogP contribution in [-0.2, 0) is 9.53 Å². The topological polar surface area (TPSA) is 78.1 Å². The Bertz CT molecular complexity index is 368. The number of anilines is 1. The third kappa shape index (κ3) is 3.05. The number of hydrogen-bond acceptors (Lipinski definition) is 5. The lowest BCUT2D eigenvalue weighted by molar-refractivity contribution is -0.137. The lowest BCUT2D eigenvalue weighted by Crippen LogP contribution is -2.01. The van der Waals surface area contributed by atoms with Crippen molar-refractivity contribution < 1.29 is 9.53 Å². The number of aryl methyl sites for hydroxylation is 1. The second-order valence-electron chi connectivity index (χ2n) is 2.84. The minimum atomic E-state index is -0.403. The van der Waals surface area contributed by atoms with Crippen molar-refractivity contribution in [2.75, 3.05) is 12.3 Å². The summed E-state index contributed by atoms with van der Waals surface area (Å²) in [7, 11) is 0. The van der Waals surface area contributed by atoms with Crippen LogP contribution in [0.4, 0.5) is 5.82 Å². The number of esters is 1. The van der Waals surface area contributed by atoms with E-state index in [-0.39, 0.29) is 0 Å². The van der Waals surface area contributed by atoms with E-state index in [4.69, 9.17) is 10.5 Å². The van der Waals surface area contributed by atoms with Crippen LogP contribution in [0.3, 0.4) is 0 Å². The number of nitrogen functional groups attached to an aromatic ring is 1. The summed E-state index contributed by atoms with van der Waals surface area (Å²) >= 11 is 0. The van der Waals surface area contributed by atoms with E-state index in [0.717, 1.165) is 5.69 Å². The number of carbonyl (C=O) groups is 1. The zero-order chi connectivity index (χ0) is 11.3. The molecule has 1 aromatic rings. The van der Waals surface area contributed by atoms with Gasteiger partial charge in [-0.2, -0.15) is 0 Å². The van der Waals surface area contributed by atoms with Crippen LogP contribution in [0.15, 0.2) is 12.4 Å². The van der Waals surface area contributed by atoms with Gasteiger partial charge >= 0.3 is 5.97 Å². The van der Waals surface area contributed by atoms with E-state index in [1.165, 1.54) is 12.4 Å². The fourth-order valence-electron chi connectivity index (χ4n) is 1.05. The molecule has 2 N–H and O–H groups in total. The van der Waals surface area contributed by atoms with Crippen LogP contribution >= 0.6 is 0 Å². The number of nitrogens with zero attached hydrogens (tertiary/aromatic N) is 2. The molecule has 0 atom stereocenters. The summed E-state index contributed by atoms with van der Waals surface area (Å²) in [5, 5.41) is 0. The smallest absolute Gasteiger partial charge is 0.330 e. The van der Waals surface area contributed by atoms with Gasteiger partial charge in [0.25, 0.3) is 0 Å². The van der Waals surface area contributed by atoms with Crippen LogP contribution in [0, 0.1) is 6.92 Å². The fraction of sp³-hybridized carbons (Fsp3) is 0.300. The summed E-state index contributed by atoms with van der Waals surface area (Å²) in [5.74, 6) is -0.0526. The minimum Gasteiger partial charge on any atom is -0.463 e. The molecule has 0 bridgehead atoms. The predicted molar refractivity (Wildman–Crippen MR) is 56.8 cm³/mol. The molecule has 0 spiro atoms. The summed E-state index contributed by atoms with van der Waals surface area (Å²) in [5.41, 5.74) is 7.00. The Labute approximate surface area is 88.0 Å². The molecule has 0 radical (unpaired) electrons. The molecular formula is C10H13N3O2. The standard InChI is InChI=1S/C10H13N3O2/c1-3-15-9(14)5-4-8-7(2)12-6-13-10(8)11/h4-6H,3H2,1-2H3,(H2,11,12,13)/b5-4+. The molecule has 5 heteroatoms. The zero-order valence-electron chi connectivity index (χ0n) is 8.73. The van der Waals surface area contributed by atoms with Crippen molar-refractivity contribution in [1.29, 1.82) is 0 Å². The molecule has 80 valence electrons. The summed E-state index contributed by atoms with van der Waals surface area (Å²) < 4.78 is 4.74. The average molecular weight is 207 g/mol. The predicted octanol–water partition coefficient (Wildman–Crippen LogP) is 0.944. The van der Waals surface area contributed by atoms with Crippen LogP contribution in [-0.4, -0.2) is 22.5 Å². The lowest BCUT2D eigenvalue weighted by atomic mass is 10.2. The molecule has 1 aromatic heterocycles. The van der Waals surface area contributed by atoms with Crippen molar-refractivity contribution in [1.82, 2.24) is 9.97 Å². The van der Waals surface area contributed by atoms with Gasteiger partial charge in [-0.05, 0) is 19.9 Å². The molecular weight excluding hydrogens is 194 g/mol. The van der Waals surface area contributed by atoms with E-state index >= 15 is 0 Å². The van der Waals surface area contributed by atoms with E-state index in [0.29, 0.717) is 18.0 Å². The molecule has 0 aliphatic heterocycles. The van der Waals surface area contributed by atoms with Crippen LogP contribution in [0.2, 0.25) is 0 Å². The molecule has 0 aromatic carbocycles. The SMILES string of the molecule is CCOC(=O)/C=C/c1c(C)ncnc1N. The van der Waals surface area contributed by atoms with Crippen molar-refractivity contribution >= 4 is 17.9 Å². The Hall–Kier alpha value is -1.91. The largest absolute Gasteiger partial charge is 0.463 e. The van der Waals surface area contributed by atoms with Crippen molar-refractivity contribution in [2.24, 2.45) is 0 Å². The second-order valence-corrected chi connectivity index (χ2v) is 2.84. The third-order valence-corrected chi connectivity index (χ3v) is 1.79. The van der Waals surface area contributed by atoms with E-state index in [1.54, 1.807) is 19.9 Å². The third-order valence-electron chi connectivity index (χ3n) is 1.79. The molecule has 0 unspecified atom stereocenters. The van der Waals surface area contributed by atoms with Crippen molar-refractivity contribution in [2.45, 2.75) is 13.8 Å². The zero-order valence-corrected chi connectivity index (χ0v) is 8.73. The van der Waals surface area contributed by atoms with Gasteiger partial charge in [0.2, 0.25) is 0 Å². The number of carbonyl (C=O) groups excluding carboxylic acids is 1. The Morgan fingerprint density at radius 3 is 2.93 bits per heavy atom. The number of hydrogen-bond donors (Lipinski definition) is 1. The first-order valence-electron chi connectivity index (χ1n) is 4.57. The second kappa shape index (κ2) is 5.09. The first-order valence-corrected chi connectivity index (χ1v) is 4.57. The maximum Gasteiger partial charge on any atom is 0.330 e. The highest BCUT2D eigenvalue weighted by Crippen LogP contribution is 2.12. The Kier molecular flexibility index (Phi) is 3.79. The van der Waals surface area contributed by atoms with Crippen LogP contribution in [0.25, 0.3) is 6.08 Å². The van der Waals surface area contributed by atoms with Crippen LogP contribution in [0.1, 0.15) is 18.2 Å². The van der Waals surface area contributed by atoms with Crippen molar-refractivity contribution in [3.05, 3.63) is 23.7 Å². The molecule has 1 heterocycles. The monoisotopic (exact) mass is 207 g/mol. The molecule has 0 aliphatic carbocycles. The minimum absolute atomic E-state index is 0.350. The van der Waals surface area contributed by atoms with Gasteiger partial charge in [-0.15, -0.1) is 0 Å². The number of nitrogens with two attached hydrogens (primary N) is 1. The van der Waals surface area contributed by atoms with Gasteiger partial charge in [-0.1, -0.05) is 0 Å². The lowest BCUT2D eigenvalue weighted by Gasteiger charge is -2.01. The maximum absolute atomic E-state index is 11.0. The van der Waals surface area contributed by atoms with Gasteiger partial charge in [0, 0.05) is 11.6 Å². The van der Waals surface area contributed by atoms with Gasteiger partial charge < -0.3 is 10.5 Å². The Morgan fingerprint density at radius 2 is 2.33 bits per heavy atom. The normalized spacial score (nSPS) is 10.5. The number of aromatic nitrogens is 2.